The Balaban J connectivity index is 2.54. The zero-order valence-corrected chi connectivity index (χ0v) is 10.9. The smallest absolute Gasteiger partial charge is 0.237 e. The van der Waals surface area contributed by atoms with Gasteiger partial charge in [-0.1, -0.05) is 25.4 Å². The van der Waals surface area contributed by atoms with Crippen LogP contribution in [-0.2, 0) is 11.3 Å². The van der Waals surface area contributed by atoms with Crippen LogP contribution in [0, 0.1) is 19.8 Å². The number of nitrogens with zero attached hydrogens (tertiary/aromatic N) is 1. The molecule has 5 heteroatoms. The second kappa shape index (κ2) is 5.82. The average Bonchev–Trinajstić information content (AvgIpc) is 2.64. The van der Waals surface area contributed by atoms with Crippen molar-refractivity contribution in [2.24, 2.45) is 11.7 Å². The molecular weight excluding hydrogens is 218 g/mol. The van der Waals surface area contributed by atoms with Gasteiger partial charge in [0.25, 0.3) is 0 Å². The van der Waals surface area contributed by atoms with Crippen LogP contribution in [0.1, 0.15) is 37.3 Å². The van der Waals surface area contributed by atoms with Gasteiger partial charge in [-0.2, -0.15) is 0 Å². The molecule has 1 aromatic heterocycles. The molecule has 0 spiro atoms. The topological polar surface area (TPSA) is 81.2 Å². The Labute approximate surface area is 102 Å². The number of rotatable bonds is 5. The lowest BCUT2D eigenvalue weighted by Crippen LogP contribution is -2.44. The van der Waals surface area contributed by atoms with Crippen molar-refractivity contribution in [1.82, 2.24) is 10.5 Å². The van der Waals surface area contributed by atoms with Crippen molar-refractivity contribution in [3.63, 3.8) is 0 Å². The van der Waals surface area contributed by atoms with E-state index in [1.807, 2.05) is 27.7 Å². The van der Waals surface area contributed by atoms with Crippen LogP contribution in [0.3, 0.4) is 0 Å². The highest BCUT2D eigenvalue weighted by atomic mass is 16.5. The van der Waals surface area contributed by atoms with E-state index < -0.39 is 6.04 Å². The van der Waals surface area contributed by atoms with Gasteiger partial charge in [-0.3, -0.25) is 4.79 Å². The first-order valence-electron chi connectivity index (χ1n) is 5.92. The van der Waals surface area contributed by atoms with Crippen LogP contribution in [0.25, 0.3) is 0 Å². The van der Waals surface area contributed by atoms with Gasteiger partial charge in [0.15, 0.2) is 0 Å². The summed E-state index contributed by atoms with van der Waals surface area (Å²) in [5.74, 6) is 0.791. The highest BCUT2D eigenvalue weighted by molar-refractivity contribution is 5.81. The molecule has 0 saturated heterocycles. The molecule has 1 amide bonds. The minimum Gasteiger partial charge on any atom is -0.361 e. The standard InChI is InChI=1S/C12H21N3O2/c1-5-7(2)11(13)12(16)14-6-10-8(3)15-17-9(10)4/h7,11H,5-6,13H2,1-4H3,(H,14,16)/t7?,11-/m0/s1. The van der Waals surface area contributed by atoms with Crippen molar-refractivity contribution in [2.45, 2.75) is 46.7 Å². The number of nitrogens with two attached hydrogens (primary N) is 1. The van der Waals surface area contributed by atoms with Gasteiger partial charge in [-0.15, -0.1) is 0 Å². The van der Waals surface area contributed by atoms with Crippen LogP contribution >= 0.6 is 0 Å². The Morgan fingerprint density at radius 1 is 1.53 bits per heavy atom. The van der Waals surface area contributed by atoms with Gasteiger partial charge in [0.1, 0.15) is 5.76 Å². The van der Waals surface area contributed by atoms with Crippen molar-refractivity contribution in [3.8, 4) is 0 Å². The highest BCUT2D eigenvalue weighted by Crippen LogP contribution is 2.12. The SMILES string of the molecule is CCC(C)[C@H](N)C(=O)NCc1c(C)noc1C. The third-order valence-electron chi connectivity index (χ3n) is 3.18. The van der Waals surface area contributed by atoms with Crippen molar-refractivity contribution in [1.29, 1.82) is 0 Å². The third kappa shape index (κ3) is 3.30. The van der Waals surface area contributed by atoms with E-state index in [4.69, 9.17) is 10.3 Å². The molecule has 0 aliphatic carbocycles. The predicted molar refractivity (Wildman–Crippen MR) is 65.3 cm³/mol. The molecule has 0 radical (unpaired) electrons. The zero-order valence-electron chi connectivity index (χ0n) is 10.9. The summed E-state index contributed by atoms with van der Waals surface area (Å²) in [6.45, 7) is 8.10. The van der Waals surface area contributed by atoms with Gasteiger partial charge in [0.2, 0.25) is 5.91 Å². The fraction of sp³-hybridized carbons (Fsp3) is 0.667. The van der Waals surface area contributed by atoms with Gasteiger partial charge >= 0.3 is 0 Å². The van der Waals surface area contributed by atoms with Crippen LogP contribution in [0.15, 0.2) is 4.52 Å². The summed E-state index contributed by atoms with van der Waals surface area (Å²) in [5, 5.41) is 6.65. The third-order valence-corrected chi connectivity index (χ3v) is 3.18. The minimum atomic E-state index is -0.458. The van der Waals surface area contributed by atoms with Crippen LogP contribution in [-0.4, -0.2) is 17.1 Å². The van der Waals surface area contributed by atoms with Crippen molar-refractivity contribution < 1.29 is 9.32 Å². The van der Waals surface area contributed by atoms with Crippen LogP contribution in [0.4, 0.5) is 0 Å². The van der Waals surface area contributed by atoms with Gasteiger partial charge in [0.05, 0.1) is 11.7 Å². The molecule has 1 heterocycles. The molecule has 1 unspecified atom stereocenters. The maximum atomic E-state index is 11.8. The van der Waals surface area contributed by atoms with E-state index in [0.717, 1.165) is 23.4 Å². The number of carbonyl (C=O) groups is 1. The first-order valence-corrected chi connectivity index (χ1v) is 5.92. The lowest BCUT2D eigenvalue weighted by Gasteiger charge is -2.17. The molecule has 0 fully saturated rings. The number of hydrogen-bond donors (Lipinski definition) is 2. The van der Waals surface area contributed by atoms with E-state index >= 15 is 0 Å². The molecule has 0 bridgehead atoms. The highest BCUT2D eigenvalue weighted by Gasteiger charge is 2.19. The quantitative estimate of drug-likeness (QED) is 0.811. The number of amides is 1. The fourth-order valence-electron chi connectivity index (χ4n) is 1.56. The molecule has 0 aliphatic heterocycles. The maximum absolute atomic E-state index is 11.8. The molecule has 1 rings (SSSR count). The van der Waals surface area contributed by atoms with E-state index in [1.165, 1.54) is 0 Å². The first-order chi connectivity index (χ1) is 7.97. The van der Waals surface area contributed by atoms with E-state index in [2.05, 4.69) is 10.5 Å². The van der Waals surface area contributed by atoms with Crippen LogP contribution < -0.4 is 11.1 Å². The number of nitrogens with one attached hydrogen (secondary N) is 1. The number of carbonyl (C=O) groups excluding carboxylic acids is 1. The van der Waals surface area contributed by atoms with E-state index in [0.29, 0.717) is 6.54 Å². The van der Waals surface area contributed by atoms with Gasteiger partial charge in [0, 0.05) is 12.1 Å². The summed E-state index contributed by atoms with van der Waals surface area (Å²) < 4.78 is 5.02. The summed E-state index contributed by atoms with van der Waals surface area (Å²) in [6.07, 6.45) is 0.889. The Morgan fingerprint density at radius 3 is 2.65 bits per heavy atom. The lowest BCUT2D eigenvalue weighted by molar-refractivity contribution is -0.123. The summed E-state index contributed by atoms with van der Waals surface area (Å²) in [4.78, 5) is 11.8. The molecule has 3 N–H and O–H groups in total. The Kier molecular flexibility index (Phi) is 4.69. The van der Waals surface area contributed by atoms with Crippen molar-refractivity contribution in [3.05, 3.63) is 17.0 Å². The van der Waals surface area contributed by atoms with E-state index in [1.54, 1.807) is 0 Å². The van der Waals surface area contributed by atoms with Gasteiger partial charge in [-0.25, -0.2) is 0 Å². The Bertz CT molecular complexity index is 368. The first kappa shape index (κ1) is 13.7. The van der Waals surface area contributed by atoms with E-state index in [-0.39, 0.29) is 11.8 Å². The van der Waals surface area contributed by atoms with Crippen molar-refractivity contribution in [2.75, 3.05) is 0 Å². The van der Waals surface area contributed by atoms with Gasteiger partial charge in [-0.05, 0) is 19.8 Å². The van der Waals surface area contributed by atoms with E-state index in [9.17, 15) is 4.79 Å². The largest absolute Gasteiger partial charge is 0.361 e. The Morgan fingerprint density at radius 2 is 2.18 bits per heavy atom. The fourth-order valence-corrected chi connectivity index (χ4v) is 1.56. The summed E-state index contributed by atoms with van der Waals surface area (Å²) >= 11 is 0. The monoisotopic (exact) mass is 239 g/mol. The second-order valence-electron chi connectivity index (χ2n) is 4.43. The molecular formula is C12H21N3O2. The molecule has 96 valence electrons. The minimum absolute atomic E-state index is 0.126. The molecule has 0 aromatic carbocycles. The molecule has 2 atom stereocenters. The maximum Gasteiger partial charge on any atom is 0.237 e. The zero-order chi connectivity index (χ0) is 13.0. The summed E-state index contributed by atoms with van der Waals surface area (Å²) in [7, 11) is 0. The number of aromatic nitrogens is 1. The Hall–Kier alpha value is -1.36. The average molecular weight is 239 g/mol. The number of hydrogen-bond acceptors (Lipinski definition) is 4. The molecule has 0 saturated carbocycles. The van der Waals surface area contributed by atoms with Crippen molar-refractivity contribution >= 4 is 5.91 Å². The van der Waals surface area contributed by atoms with Gasteiger partial charge < -0.3 is 15.6 Å². The van der Waals surface area contributed by atoms with Crippen LogP contribution in [0.5, 0.6) is 0 Å². The normalized spacial score (nSPS) is 14.4. The molecule has 1 aromatic rings. The summed E-state index contributed by atoms with van der Waals surface area (Å²) in [6, 6.07) is -0.458. The second-order valence-corrected chi connectivity index (χ2v) is 4.43. The molecule has 0 aliphatic rings. The number of aryl methyl sites for hydroxylation is 2. The van der Waals surface area contributed by atoms with Crippen LogP contribution in [0.2, 0.25) is 0 Å². The summed E-state index contributed by atoms with van der Waals surface area (Å²) in [5.41, 5.74) is 7.57. The lowest BCUT2D eigenvalue weighted by atomic mass is 9.99. The molecule has 5 nitrogen and oxygen atoms in total. The predicted octanol–water partition coefficient (Wildman–Crippen LogP) is 1.28. The molecule has 17 heavy (non-hydrogen) atoms.